The predicted octanol–water partition coefficient (Wildman–Crippen LogP) is 4.15. The second-order valence-corrected chi connectivity index (χ2v) is 6.68. The summed E-state index contributed by atoms with van der Waals surface area (Å²) in [4.78, 5) is 14.0. The zero-order valence-electron chi connectivity index (χ0n) is 15.5. The van der Waals surface area contributed by atoms with Crippen LogP contribution in [-0.2, 0) is 24.3 Å². The highest BCUT2D eigenvalue weighted by Crippen LogP contribution is 2.19. The fourth-order valence-electron chi connectivity index (χ4n) is 3.30. The van der Waals surface area contributed by atoms with Crippen molar-refractivity contribution in [1.82, 2.24) is 10.2 Å². The van der Waals surface area contributed by atoms with Gasteiger partial charge in [0.1, 0.15) is 0 Å². The molecule has 3 aromatic carbocycles. The molecule has 0 radical (unpaired) electrons. The lowest BCUT2D eigenvalue weighted by Crippen LogP contribution is -2.30. The van der Waals surface area contributed by atoms with Crippen LogP contribution in [0.3, 0.4) is 0 Å². The summed E-state index contributed by atoms with van der Waals surface area (Å²) in [5.41, 5.74) is 3.71. The van der Waals surface area contributed by atoms with Crippen molar-refractivity contribution in [3.63, 3.8) is 0 Å². The highest BCUT2D eigenvalue weighted by atomic mass is 16.2. The van der Waals surface area contributed by atoms with E-state index in [9.17, 15) is 4.79 Å². The number of carbonyl (C=O) groups excluding carboxylic acids is 1. The molecule has 0 saturated heterocycles. The van der Waals surface area contributed by atoms with Crippen molar-refractivity contribution in [2.24, 2.45) is 0 Å². The van der Waals surface area contributed by atoms with E-state index >= 15 is 0 Å². The molecule has 1 amide bonds. The van der Waals surface area contributed by atoms with Gasteiger partial charge in [-0.2, -0.15) is 0 Å². The van der Waals surface area contributed by atoms with E-state index in [1.54, 1.807) is 6.92 Å². The van der Waals surface area contributed by atoms with Crippen LogP contribution in [-0.4, -0.2) is 24.4 Å². The molecule has 0 aliphatic carbocycles. The Hall–Kier alpha value is -2.65. The first-order chi connectivity index (χ1) is 12.7. The average Bonchev–Trinajstić information content (AvgIpc) is 2.66. The summed E-state index contributed by atoms with van der Waals surface area (Å²) in [7, 11) is 1.94. The minimum Gasteiger partial charge on any atom is -0.338 e. The Bertz CT molecular complexity index is 866. The molecule has 3 rings (SSSR count). The molecule has 0 spiro atoms. The molecule has 3 aromatic rings. The molecule has 1 N–H and O–H groups in total. The highest BCUT2D eigenvalue weighted by molar-refractivity contribution is 5.85. The van der Waals surface area contributed by atoms with Crippen molar-refractivity contribution in [2.45, 2.75) is 26.4 Å². The first-order valence-electron chi connectivity index (χ1n) is 9.12. The van der Waals surface area contributed by atoms with Gasteiger partial charge in [0.15, 0.2) is 0 Å². The van der Waals surface area contributed by atoms with Gasteiger partial charge in [0.2, 0.25) is 5.91 Å². The summed E-state index contributed by atoms with van der Waals surface area (Å²) >= 11 is 0. The molecule has 0 aliphatic heterocycles. The van der Waals surface area contributed by atoms with E-state index < -0.39 is 0 Å². The van der Waals surface area contributed by atoms with Crippen LogP contribution < -0.4 is 5.32 Å². The van der Waals surface area contributed by atoms with Crippen molar-refractivity contribution in [3.8, 4) is 0 Å². The number of hydrogen-bond acceptors (Lipinski definition) is 2. The zero-order valence-corrected chi connectivity index (χ0v) is 15.5. The number of carbonyl (C=O) groups is 1. The Morgan fingerprint density at radius 3 is 2.35 bits per heavy atom. The third-order valence-corrected chi connectivity index (χ3v) is 4.75. The first kappa shape index (κ1) is 18.2. The van der Waals surface area contributed by atoms with Crippen LogP contribution in [0.15, 0.2) is 66.7 Å². The molecule has 0 aromatic heterocycles. The Kier molecular flexibility index (Phi) is 6.03. The lowest BCUT2D eigenvalue weighted by atomic mass is 10.0. The van der Waals surface area contributed by atoms with Crippen LogP contribution in [0.1, 0.15) is 23.6 Å². The smallest absolute Gasteiger partial charge is 0.219 e. The van der Waals surface area contributed by atoms with Crippen molar-refractivity contribution < 1.29 is 4.79 Å². The van der Waals surface area contributed by atoms with E-state index in [0.717, 1.165) is 25.1 Å². The number of amides is 1. The second-order valence-electron chi connectivity index (χ2n) is 6.68. The van der Waals surface area contributed by atoms with Crippen molar-refractivity contribution in [2.75, 3.05) is 13.6 Å². The fraction of sp³-hybridized carbons (Fsp3) is 0.261. The van der Waals surface area contributed by atoms with Gasteiger partial charge in [0.05, 0.1) is 0 Å². The number of nitrogens with one attached hydrogen (secondary N) is 1. The molecule has 3 nitrogen and oxygen atoms in total. The quantitative estimate of drug-likeness (QED) is 0.697. The van der Waals surface area contributed by atoms with Crippen LogP contribution in [0.2, 0.25) is 0 Å². The maximum absolute atomic E-state index is 12.1. The Morgan fingerprint density at radius 1 is 0.923 bits per heavy atom. The molecule has 0 atom stereocenters. The third kappa shape index (κ3) is 4.50. The number of rotatable bonds is 7. The minimum atomic E-state index is 0.115. The van der Waals surface area contributed by atoms with Crippen molar-refractivity contribution in [3.05, 3.63) is 83.4 Å². The van der Waals surface area contributed by atoms with Gasteiger partial charge in [0, 0.05) is 26.6 Å². The van der Waals surface area contributed by atoms with Gasteiger partial charge in [-0.25, -0.2) is 0 Å². The Morgan fingerprint density at radius 2 is 1.62 bits per heavy atom. The highest BCUT2D eigenvalue weighted by Gasteiger charge is 2.11. The Balaban J connectivity index is 1.69. The molecule has 26 heavy (non-hydrogen) atoms. The van der Waals surface area contributed by atoms with E-state index in [0.29, 0.717) is 6.54 Å². The second kappa shape index (κ2) is 8.63. The number of fused-ring (bicyclic) bond motifs is 1. The maximum atomic E-state index is 12.1. The lowest BCUT2D eigenvalue weighted by molar-refractivity contribution is -0.129. The molecular formula is C23H26N2O. The SMILES string of the molecule is CNCc1ccc(CN(CCc2cccc3ccccc23)C(C)=O)cc1. The summed E-state index contributed by atoms with van der Waals surface area (Å²) in [6.07, 6.45) is 0.860. The summed E-state index contributed by atoms with van der Waals surface area (Å²) in [6.45, 7) is 3.89. The maximum Gasteiger partial charge on any atom is 0.219 e. The molecule has 0 aliphatic rings. The Labute approximate surface area is 155 Å². The standard InChI is InChI=1S/C23H26N2O/c1-18(26)25(17-20-12-10-19(11-13-20)16-24-2)15-14-22-8-5-7-21-6-3-4-9-23(21)22/h3-13,24H,14-17H2,1-2H3. The predicted molar refractivity (Wildman–Crippen MR) is 108 cm³/mol. The van der Waals surface area contributed by atoms with Gasteiger partial charge in [-0.15, -0.1) is 0 Å². The van der Waals surface area contributed by atoms with E-state index in [-0.39, 0.29) is 5.91 Å². The fourth-order valence-corrected chi connectivity index (χ4v) is 3.30. The molecule has 0 unspecified atom stereocenters. The van der Waals surface area contributed by atoms with Gasteiger partial charge < -0.3 is 10.2 Å². The van der Waals surface area contributed by atoms with Gasteiger partial charge in [0.25, 0.3) is 0 Å². The van der Waals surface area contributed by atoms with Crippen LogP contribution in [0.25, 0.3) is 10.8 Å². The van der Waals surface area contributed by atoms with Crippen molar-refractivity contribution >= 4 is 16.7 Å². The molecule has 134 valence electrons. The van der Waals surface area contributed by atoms with Crippen LogP contribution in [0.4, 0.5) is 0 Å². The van der Waals surface area contributed by atoms with Gasteiger partial charge in [-0.3, -0.25) is 4.79 Å². The lowest BCUT2D eigenvalue weighted by Gasteiger charge is -2.22. The van der Waals surface area contributed by atoms with Gasteiger partial charge in [-0.1, -0.05) is 66.7 Å². The topological polar surface area (TPSA) is 32.3 Å². The number of nitrogens with zero attached hydrogens (tertiary/aromatic N) is 1. The largest absolute Gasteiger partial charge is 0.338 e. The van der Waals surface area contributed by atoms with Crippen LogP contribution in [0.5, 0.6) is 0 Å². The number of hydrogen-bond donors (Lipinski definition) is 1. The molecule has 0 fully saturated rings. The molecular weight excluding hydrogens is 320 g/mol. The minimum absolute atomic E-state index is 0.115. The summed E-state index contributed by atoms with van der Waals surface area (Å²) in [6, 6.07) is 23.3. The molecule has 3 heteroatoms. The first-order valence-corrected chi connectivity index (χ1v) is 9.12. The van der Waals surface area contributed by atoms with Crippen LogP contribution in [0, 0.1) is 0 Å². The molecule has 0 heterocycles. The normalized spacial score (nSPS) is 10.8. The van der Waals surface area contributed by atoms with E-state index in [1.807, 2.05) is 11.9 Å². The summed E-state index contributed by atoms with van der Waals surface area (Å²) in [5.74, 6) is 0.115. The number of benzene rings is 3. The van der Waals surface area contributed by atoms with Gasteiger partial charge >= 0.3 is 0 Å². The monoisotopic (exact) mass is 346 g/mol. The molecule has 0 bridgehead atoms. The van der Waals surface area contributed by atoms with Gasteiger partial charge in [-0.05, 0) is 40.9 Å². The summed E-state index contributed by atoms with van der Waals surface area (Å²) < 4.78 is 0. The average molecular weight is 346 g/mol. The molecule has 0 saturated carbocycles. The van der Waals surface area contributed by atoms with E-state index in [4.69, 9.17) is 0 Å². The third-order valence-electron chi connectivity index (χ3n) is 4.75. The van der Waals surface area contributed by atoms with E-state index in [2.05, 4.69) is 72.0 Å². The zero-order chi connectivity index (χ0) is 18.4. The van der Waals surface area contributed by atoms with E-state index in [1.165, 1.54) is 21.9 Å². The summed E-state index contributed by atoms with van der Waals surface area (Å²) in [5, 5.41) is 5.67. The van der Waals surface area contributed by atoms with Crippen molar-refractivity contribution in [1.29, 1.82) is 0 Å². The van der Waals surface area contributed by atoms with Crippen LogP contribution >= 0.6 is 0 Å².